The predicted molar refractivity (Wildman–Crippen MR) is 63.3 cm³/mol. The molecule has 0 aliphatic heterocycles. The maximum atomic E-state index is 12.2. The maximum absolute atomic E-state index is 12.2. The van der Waals surface area contributed by atoms with Crippen molar-refractivity contribution < 1.29 is 26.3 Å². The topological polar surface area (TPSA) is 72.6 Å². The number of methoxy groups -OCH3 is 1. The van der Waals surface area contributed by atoms with Crippen LogP contribution in [0.2, 0.25) is 0 Å². The van der Waals surface area contributed by atoms with Gasteiger partial charge >= 0.3 is 6.18 Å². The van der Waals surface area contributed by atoms with Crippen LogP contribution in [-0.2, 0) is 10.0 Å². The molecule has 1 aromatic rings. The van der Waals surface area contributed by atoms with Crippen molar-refractivity contribution in [3.05, 3.63) is 18.2 Å². The molecule has 5 nitrogen and oxygen atoms in total. The minimum Gasteiger partial charge on any atom is -0.497 e. The fourth-order valence-corrected chi connectivity index (χ4v) is 2.64. The Balaban J connectivity index is 3.13. The Labute approximate surface area is 108 Å². The summed E-state index contributed by atoms with van der Waals surface area (Å²) in [7, 11) is -2.10. The number of nitrogens with zero attached hydrogens (tertiary/aromatic N) is 1. The molecule has 0 saturated heterocycles. The third kappa shape index (κ3) is 3.74. The van der Waals surface area contributed by atoms with E-state index in [0.717, 1.165) is 13.1 Å². The summed E-state index contributed by atoms with van der Waals surface area (Å²) in [4.78, 5) is -0.389. The van der Waals surface area contributed by atoms with Crippen molar-refractivity contribution in [1.82, 2.24) is 4.31 Å². The Bertz CT molecular complexity index is 558. The SMILES string of the molecule is COc1ccc(S(=O)(=O)N(C)CC(F)(F)F)c(N)c1. The zero-order chi connectivity index (χ0) is 14.8. The number of halogens is 3. The zero-order valence-corrected chi connectivity index (χ0v) is 11.0. The largest absolute Gasteiger partial charge is 0.497 e. The Morgan fingerprint density at radius 3 is 2.37 bits per heavy atom. The molecule has 2 N–H and O–H groups in total. The number of alkyl halides is 3. The van der Waals surface area contributed by atoms with E-state index in [2.05, 4.69) is 0 Å². The van der Waals surface area contributed by atoms with Gasteiger partial charge in [0.2, 0.25) is 10.0 Å². The number of ether oxygens (including phenoxy) is 1. The van der Waals surface area contributed by atoms with Crippen LogP contribution in [0.15, 0.2) is 23.1 Å². The van der Waals surface area contributed by atoms with E-state index in [1.54, 1.807) is 0 Å². The summed E-state index contributed by atoms with van der Waals surface area (Å²) < 4.78 is 65.5. The molecule has 0 amide bonds. The normalized spacial score (nSPS) is 12.7. The van der Waals surface area contributed by atoms with Crippen molar-refractivity contribution in [2.24, 2.45) is 0 Å². The fourth-order valence-electron chi connectivity index (χ4n) is 1.39. The van der Waals surface area contributed by atoms with E-state index in [0.29, 0.717) is 5.75 Å². The molecule has 0 aliphatic rings. The first-order valence-electron chi connectivity index (χ1n) is 5.04. The molecule has 1 rings (SSSR count). The highest BCUT2D eigenvalue weighted by atomic mass is 32.2. The lowest BCUT2D eigenvalue weighted by molar-refractivity contribution is -0.134. The third-order valence-corrected chi connectivity index (χ3v) is 4.18. The molecule has 0 aliphatic carbocycles. The molecule has 0 unspecified atom stereocenters. The lowest BCUT2D eigenvalue weighted by Gasteiger charge is -2.19. The van der Waals surface area contributed by atoms with Gasteiger partial charge in [-0.15, -0.1) is 0 Å². The summed E-state index contributed by atoms with van der Waals surface area (Å²) in [5.41, 5.74) is 5.34. The number of nitrogen functional groups attached to an aromatic ring is 1. The van der Waals surface area contributed by atoms with Gasteiger partial charge in [-0.1, -0.05) is 0 Å². The van der Waals surface area contributed by atoms with Gasteiger partial charge in [-0.05, 0) is 12.1 Å². The van der Waals surface area contributed by atoms with Gasteiger partial charge in [-0.3, -0.25) is 0 Å². The number of benzene rings is 1. The lowest BCUT2D eigenvalue weighted by Crippen LogP contribution is -2.36. The summed E-state index contributed by atoms with van der Waals surface area (Å²) in [6, 6.07) is 3.65. The van der Waals surface area contributed by atoms with Gasteiger partial charge in [0.25, 0.3) is 0 Å². The van der Waals surface area contributed by atoms with Gasteiger partial charge in [-0.2, -0.15) is 17.5 Å². The van der Waals surface area contributed by atoms with Gasteiger partial charge < -0.3 is 10.5 Å². The van der Waals surface area contributed by atoms with Gasteiger partial charge in [0.15, 0.2) is 0 Å². The van der Waals surface area contributed by atoms with Crippen LogP contribution in [0.25, 0.3) is 0 Å². The van der Waals surface area contributed by atoms with E-state index in [1.807, 2.05) is 0 Å². The second-order valence-corrected chi connectivity index (χ2v) is 5.79. The number of anilines is 1. The summed E-state index contributed by atoms with van der Waals surface area (Å²) >= 11 is 0. The van der Waals surface area contributed by atoms with E-state index in [9.17, 15) is 21.6 Å². The summed E-state index contributed by atoms with van der Waals surface area (Å²) in [5, 5.41) is 0. The molecule has 108 valence electrons. The number of hydrogen-bond donors (Lipinski definition) is 1. The minimum absolute atomic E-state index is 0.173. The molecule has 19 heavy (non-hydrogen) atoms. The molecule has 0 aromatic heterocycles. The van der Waals surface area contributed by atoms with E-state index in [-0.39, 0.29) is 14.9 Å². The van der Waals surface area contributed by atoms with Crippen molar-refractivity contribution in [2.45, 2.75) is 11.1 Å². The monoisotopic (exact) mass is 298 g/mol. The van der Waals surface area contributed by atoms with E-state index in [4.69, 9.17) is 10.5 Å². The van der Waals surface area contributed by atoms with Crippen molar-refractivity contribution in [3.63, 3.8) is 0 Å². The molecular weight excluding hydrogens is 285 g/mol. The quantitative estimate of drug-likeness (QED) is 0.854. The van der Waals surface area contributed by atoms with Gasteiger partial charge in [0.1, 0.15) is 17.2 Å². The van der Waals surface area contributed by atoms with Crippen molar-refractivity contribution in [3.8, 4) is 5.75 Å². The van der Waals surface area contributed by atoms with Crippen molar-refractivity contribution >= 4 is 15.7 Å². The molecule has 0 saturated carbocycles. The van der Waals surface area contributed by atoms with E-state index in [1.165, 1.54) is 19.2 Å². The molecular formula is C10H13F3N2O3S. The first-order chi connectivity index (χ1) is 8.58. The Morgan fingerprint density at radius 2 is 1.95 bits per heavy atom. The zero-order valence-electron chi connectivity index (χ0n) is 10.2. The predicted octanol–water partition coefficient (Wildman–Crippen LogP) is 1.46. The summed E-state index contributed by atoms with van der Waals surface area (Å²) in [5.74, 6) is 0.315. The lowest BCUT2D eigenvalue weighted by atomic mass is 10.3. The second kappa shape index (κ2) is 5.25. The minimum atomic E-state index is -4.62. The van der Waals surface area contributed by atoms with Crippen LogP contribution in [0.3, 0.4) is 0 Å². The van der Waals surface area contributed by atoms with Gasteiger partial charge in [-0.25, -0.2) is 8.42 Å². The number of sulfonamides is 1. The molecule has 0 spiro atoms. The first kappa shape index (κ1) is 15.6. The first-order valence-corrected chi connectivity index (χ1v) is 6.48. The highest BCUT2D eigenvalue weighted by Gasteiger charge is 2.35. The van der Waals surface area contributed by atoms with Crippen LogP contribution in [0.1, 0.15) is 0 Å². The summed E-state index contributed by atoms with van der Waals surface area (Å²) in [6.07, 6.45) is -4.62. The van der Waals surface area contributed by atoms with E-state index >= 15 is 0 Å². The fraction of sp³-hybridized carbons (Fsp3) is 0.400. The molecule has 0 atom stereocenters. The Kier molecular flexibility index (Phi) is 4.31. The van der Waals surface area contributed by atoms with Gasteiger partial charge in [0, 0.05) is 13.1 Å². The second-order valence-electron chi connectivity index (χ2n) is 3.78. The molecule has 1 aromatic carbocycles. The Hall–Kier alpha value is -1.48. The van der Waals surface area contributed by atoms with Crippen LogP contribution >= 0.6 is 0 Å². The number of nitrogens with two attached hydrogens (primary N) is 1. The highest BCUT2D eigenvalue weighted by molar-refractivity contribution is 7.89. The average Bonchev–Trinajstić information content (AvgIpc) is 2.26. The van der Waals surface area contributed by atoms with E-state index < -0.39 is 22.7 Å². The summed E-state index contributed by atoms with van der Waals surface area (Å²) in [6.45, 7) is -1.58. The average molecular weight is 298 g/mol. The Morgan fingerprint density at radius 1 is 1.37 bits per heavy atom. The smallest absolute Gasteiger partial charge is 0.402 e. The molecule has 9 heteroatoms. The standard InChI is InChI=1S/C10H13F3N2O3S/c1-15(6-10(11,12)13)19(16,17)9-4-3-7(18-2)5-8(9)14/h3-5H,6,14H2,1-2H3. The number of hydrogen-bond acceptors (Lipinski definition) is 4. The van der Waals surface area contributed by atoms with Crippen LogP contribution in [0.5, 0.6) is 5.75 Å². The number of rotatable bonds is 4. The van der Waals surface area contributed by atoms with Gasteiger partial charge in [0.05, 0.1) is 12.8 Å². The maximum Gasteiger partial charge on any atom is 0.402 e. The molecule has 0 bridgehead atoms. The van der Waals surface area contributed by atoms with Crippen LogP contribution < -0.4 is 10.5 Å². The van der Waals surface area contributed by atoms with Crippen LogP contribution in [-0.4, -0.2) is 39.6 Å². The van der Waals surface area contributed by atoms with Crippen LogP contribution in [0, 0.1) is 0 Å². The van der Waals surface area contributed by atoms with Crippen LogP contribution in [0.4, 0.5) is 18.9 Å². The third-order valence-electron chi connectivity index (χ3n) is 2.31. The highest BCUT2D eigenvalue weighted by Crippen LogP contribution is 2.27. The molecule has 0 radical (unpaired) electrons. The molecule has 0 fully saturated rings. The molecule has 0 heterocycles. The van der Waals surface area contributed by atoms with Crippen molar-refractivity contribution in [1.29, 1.82) is 0 Å². The van der Waals surface area contributed by atoms with Crippen molar-refractivity contribution in [2.75, 3.05) is 26.4 Å².